The number of hydrogen-bond donors (Lipinski definition) is 8. The first-order chi connectivity index (χ1) is 19.5. The summed E-state index contributed by atoms with van der Waals surface area (Å²) in [7, 11) is 0. The average Bonchev–Trinajstić information content (AvgIpc) is 3.33. The van der Waals surface area contributed by atoms with Gasteiger partial charge in [0.05, 0.1) is 18.6 Å². The van der Waals surface area contributed by atoms with Gasteiger partial charge in [-0.15, -0.1) is 0 Å². The summed E-state index contributed by atoms with van der Waals surface area (Å²) in [6.45, 7) is 1.22. The van der Waals surface area contributed by atoms with E-state index in [2.05, 4.69) is 20.9 Å². The third-order valence-electron chi connectivity index (χ3n) is 6.45. The van der Waals surface area contributed by atoms with Crippen molar-refractivity contribution >= 4 is 40.5 Å². The molecule has 0 spiro atoms. The lowest BCUT2D eigenvalue weighted by atomic mass is 10.0. The van der Waals surface area contributed by atoms with E-state index in [4.69, 9.17) is 11.5 Å². The molecule has 0 radical (unpaired) electrons. The van der Waals surface area contributed by atoms with Crippen LogP contribution in [0.1, 0.15) is 24.5 Å². The van der Waals surface area contributed by atoms with Crippen LogP contribution in [0.2, 0.25) is 0 Å². The van der Waals surface area contributed by atoms with Crippen LogP contribution in [0.25, 0.3) is 10.9 Å². The molecule has 1 aromatic heterocycles. The Balaban J connectivity index is 1.68. The van der Waals surface area contributed by atoms with Crippen LogP contribution in [0.3, 0.4) is 0 Å². The van der Waals surface area contributed by atoms with E-state index in [1.807, 2.05) is 24.3 Å². The summed E-state index contributed by atoms with van der Waals surface area (Å²) in [6, 6.07) is 10.4. The number of rotatable bonds is 14. The van der Waals surface area contributed by atoms with E-state index in [0.717, 1.165) is 16.5 Å². The van der Waals surface area contributed by atoms with Crippen molar-refractivity contribution in [2.75, 3.05) is 0 Å². The SMILES string of the molecule is C[C@@H](O)[C@H](NC(=O)[C@H](CC(N)=O)NC(=O)[C@@H](N)Cc1c[nH]c2ccccc12)C(=O)N[C@@H](Cc1ccccc1)C(=O)O. The zero-order valence-corrected chi connectivity index (χ0v) is 22.4. The molecule has 1 heterocycles. The second-order valence-corrected chi connectivity index (χ2v) is 9.72. The smallest absolute Gasteiger partial charge is 0.326 e. The maximum Gasteiger partial charge on any atom is 0.326 e. The van der Waals surface area contributed by atoms with E-state index in [1.54, 1.807) is 36.5 Å². The number of aromatic nitrogens is 1. The molecule has 0 bridgehead atoms. The third kappa shape index (κ3) is 8.62. The van der Waals surface area contributed by atoms with Crippen LogP contribution in [-0.2, 0) is 36.8 Å². The van der Waals surface area contributed by atoms with Crippen LogP contribution in [0.15, 0.2) is 60.8 Å². The molecule has 0 unspecified atom stereocenters. The second kappa shape index (κ2) is 14.1. The van der Waals surface area contributed by atoms with Gasteiger partial charge in [0.1, 0.15) is 18.1 Å². The Labute approximate surface area is 235 Å². The van der Waals surface area contributed by atoms with Gasteiger partial charge in [0.25, 0.3) is 0 Å². The molecule has 3 aromatic rings. The van der Waals surface area contributed by atoms with Crippen LogP contribution in [0, 0.1) is 0 Å². The third-order valence-corrected chi connectivity index (χ3v) is 6.45. The molecule has 0 aliphatic carbocycles. The van der Waals surface area contributed by atoms with E-state index in [-0.39, 0.29) is 12.8 Å². The Morgan fingerprint density at radius 1 is 0.854 bits per heavy atom. The van der Waals surface area contributed by atoms with Crippen molar-refractivity contribution in [2.24, 2.45) is 11.5 Å². The van der Waals surface area contributed by atoms with Gasteiger partial charge in [-0.3, -0.25) is 19.2 Å². The van der Waals surface area contributed by atoms with Crippen molar-refractivity contribution < 1.29 is 34.2 Å². The summed E-state index contributed by atoms with van der Waals surface area (Å²) in [6.07, 6.45) is -0.273. The number of carbonyl (C=O) groups is 5. The molecule has 0 aliphatic rings. The zero-order valence-electron chi connectivity index (χ0n) is 22.4. The molecule has 10 N–H and O–H groups in total. The maximum atomic E-state index is 13.1. The first-order valence-corrected chi connectivity index (χ1v) is 12.9. The summed E-state index contributed by atoms with van der Waals surface area (Å²) in [5.74, 6) is -4.95. The van der Waals surface area contributed by atoms with Crippen molar-refractivity contribution in [3.63, 3.8) is 0 Å². The monoisotopic (exact) mass is 566 g/mol. The number of hydrogen-bond acceptors (Lipinski definition) is 7. The Hall–Kier alpha value is -4.75. The van der Waals surface area contributed by atoms with Gasteiger partial charge < -0.3 is 42.6 Å². The number of aliphatic hydroxyl groups excluding tert-OH is 1. The minimum absolute atomic E-state index is 0.0446. The normalized spacial score (nSPS) is 14.7. The number of carboxylic acid groups (broad SMARTS) is 1. The number of amides is 4. The van der Waals surface area contributed by atoms with Gasteiger partial charge in [-0.05, 0) is 30.5 Å². The number of benzene rings is 2. The highest BCUT2D eigenvalue weighted by Crippen LogP contribution is 2.18. The molecule has 0 saturated carbocycles. The van der Waals surface area contributed by atoms with Crippen molar-refractivity contribution in [2.45, 2.75) is 56.5 Å². The molecular formula is C28H34N6O7. The van der Waals surface area contributed by atoms with E-state index < -0.39 is 66.3 Å². The van der Waals surface area contributed by atoms with Gasteiger partial charge in [-0.2, -0.15) is 0 Å². The minimum Gasteiger partial charge on any atom is -0.480 e. The van der Waals surface area contributed by atoms with Crippen LogP contribution >= 0.6 is 0 Å². The molecule has 218 valence electrons. The highest BCUT2D eigenvalue weighted by atomic mass is 16.4. The summed E-state index contributed by atoms with van der Waals surface area (Å²) in [4.78, 5) is 65.4. The predicted octanol–water partition coefficient (Wildman–Crippen LogP) is -0.924. The van der Waals surface area contributed by atoms with Crippen LogP contribution in [0.4, 0.5) is 0 Å². The van der Waals surface area contributed by atoms with E-state index in [9.17, 15) is 34.2 Å². The topological polar surface area (TPSA) is 230 Å². The Kier molecular flexibility index (Phi) is 10.6. The van der Waals surface area contributed by atoms with E-state index in [0.29, 0.717) is 5.56 Å². The number of aromatic amines is 1. The van der Waals surface area contributed by atoms with Gasteiger partial charge in [0, 0.05) is 23.5 Å². The van der Waals surface area contributed by atoms with Crippen molar-refractivity contribution in [3.8, 4) is 0 Å². The van der Waals surface area contributed by atoms with E-state index >= 15 is 0 Å². The van der Waals surface area contributed by atoms with Gasteiger partial charge in [0.2, 0.25) is 23.6 Å². The number of aliphatic carboxylic acids is 1. The van der Waals surface area contributed by atoms with Gasteiger partial charge in [0.15, 0.2) is 0 Å². The number of carbonyl (C=O) groups excluding carboxylic acids is 4. The Morgan fingerprint density at radius 2 is 1.49 bits per heavy atom. The average molecular weight is 567 g/mol. The Bertz CT molecular complexity index is 1390. The van der Waals surface area contributed by atoms with E-state index in [1.165, 1.54) is 6.92 Å². The standard InChI is InChI=1S/C28H34N6O7/c1-15(35)24(27(39)33-22(28(40)41)11-16-7-3-2-4-8-16)34-26(38)21(13-23(30)36)32-25(37)19(29)12-17-14-31-20-10-6-5-9-18(17)20/h2-10,14-15,19,21-22,24,31,35H,11-13,29H2,1H3,(H2,30,36)(H,32,37)(H,33,39)(H,34,38)(H,40,41)/t15-,19+,21+,22+,24+/m1/s1. The number of primary amides is 1. The van der Waals surface area contributed by atoms with Gasteiger partial charge in [-0.1, -0.05) is 48.5 Å². The molecule has 2 aromatic carbocycles. The largest absolute Gasteiger partial charge is 0.480 e. The van der Waals surface area contributed by atoms with Gasteiger partial charge >= 0.3 is 5.97 Å². The fraction of sp³-hybridized carbons (Fsp3) is 0.321. The van der Waals surface area contributed by atoms with Crippen LogP contribution < -0.4 is 27.4 Å². The first-order valence-electron chi connectivity index (χ1n) is 12.9. The maximum absolute atomic E-state index is 13.1. The highest BCUT2D eigenvalue weighted by molar-refractivity contribution is 5.96. The lowest BCUT2D eigenvalue weighted by molar-refractivity contribution is -0.143. The summed E-state index contributed by atoms with van der Waals surface area (Å²) in [5, 5.41) is 27.7. The van der Waals surface area contributed by atoms with Crippen molar-refractivity contribution in [1.29, 1.82) is 0 Å². The van der Waals surface area contributed by atoms with Crippen LogP contribution in [0.5, 0.6) is 0 Å². The molecule has 13 heteroatoms. The predicted molar refractivity (Wildman–Crippen MR) is 149 cm³/mol. The molecule has 13 nitrogen and oxygen atoms in total. The summed E-state index contributed by atoms with van der Waals surface area (Å²) >= 11 is 0. The lowest BCUT2D eigenvalue weighted by Gasteiger charge is -2.26. The molecule has 0 aliphatic heterocycles. The summed E-state index contributed by atoms with van der Waals surface area (Å²) < 4.78 is 0. The Morgan fingerprint density at radius 3 is 2.12 bits per heavy atom. The quantitative estimate of drug-likeness (QED) is 0.121. The number of H-pyrrole nitrogens is 1. The molecule has 0 fully saturated rings. The van der Waals surface area contributed by atoms with Gasteiger partial charge in [-0.25, -0.2) is 4.79 Å². The highest BCUT2D eigenvalue weighted by Gasteiger charge is 2.33. The second-order valence-electron chi connectivity index (χ2n) is 9.72. The first kappa shape index (κ1) is 30.8. The fourth-order valence-electron chi connectivity index (χ4n) is 4.29. The lowest BCUT2D eigenvalue weighted by Crippen LogP contribution is -2.60. The summed E-state index contributed by atoms with van der Waals surface area (Å²) in [5.41, 5.74) is 13.6. The molecule has 5 atom stereocenters. The van der Waals surface area contributed by atoms with Crippen molar-refractivity contribution in [3.05, 3.63) is 71.9 Å². The zero-order chi connectivity index (χ0) is 30.1. The number of nitrogens with two attached hydrogens (primary N) is 2. The number of fused-ring (bicyclic) bond motifs is 1. The number of carboxylic acids is 1. The minimum atomic E-state index is -1.60. The molecular weight excluding hydrogens is 532 g/mol. The number of aliphatic hydroxyl groups is 1. The van der Waals surface area contributed by atoms with Crippen molar-refractivity contribution in [1.82, 2.24) is 20.9 Å². The molecule has 41 heavy (non-hydrogen) atoms. The molecule has 3 rings (SSSR count). The fourth-order valence-corrected chi connectivity index (χ4v) is 4.29. The van der Waals surface area contributed by atoms with Crippen LogP contribution in [-0.4, -0.2) is 75.1 Å². The molecule has 4 amide bonds. The molecule has 0 saturated heterocycles. The number of para-hydroxylation sites is 1. The number of nitrogens with one attached hydrogen (secondary N) is 4.